The molecule has 2 amide bonds. The zero-order chi connectivity index (χ0) is 19.0. The largest absolute Gasteiger partial charge is 0.355 e. The summed E-state index contributed by atoms with van der Waals surface area (Å²) in [6, 6.07) is 7.62. The number of nitrogens with one attached hydrogen (secondary N) is 2. The number of guanidine groups is 1. The van der Waals surface area contributed by atoms with E-state index in [2.05, 4.69) is 27.8 Å². The molecule has 3 aliphatic rings. The highest BCUT2D eigenvalue weighted by molar-refractivity contribution is 6.31. The number of fused-ring (bicyclic) bond motifs is 5. The standard InChI is InChI=1S/C20H23ClN4O2/c1-22-20(24-11-14-4-2-3-5-15(14)21)23-8-9-25-18(26)16-12-6-7-13(10-12)17(16)19(25)27/h2-7,12-13,16-17H,8-11H2,1H3,(H2,22,23,24). The van der Waals surface area contributed by atoms with Crippen molar-refractivity contribution >= 4 is 29.4 Å². The molecule has 1 aromatic rings. The molecule has 2 bridgehead atoms. The van der Waals surface area contributed by atoms with Gasteiger partial charge in [-0.1, -0.05) is 42.0 Å². The molecule has 1 heterocycles. The van der Waals surface area contributed by atoms with E-state index in [9.17, 15) is 9.59 Å². The van der Waals surface area contributed by atoms with Crippen LogP contribution in [0.2, 0.25) is 5.02 Å². The minimum atomic E-state index is -0.134. The summed E-state index contributed by atoms with van der Waals surface area (Å²) >= 11 is 6.16. The lowest BCUT2D eigenvalue weighted by Gasteiger charge is -2.18. The van der Waals surface area contributed by atoms with Gasteiger partial charge < -0.3 is 10.6 Å². The van der Waals surface area contributed by atoms with E-state index in [0.29, 0.717) is 30.6 Å². The number of amides is 2. The van der Waals surface area contributed by atoms with Gasteiger partial charge in [0.1, 0.15) is 0 Å². The van der Waals surface area contributed by atoms with Crippen LogP contribution in [-0.2, 0) is 16.1 Å². The van der Waals surface area contributed by atoms with Crippen LogP contribution in [0, 0.1) is 23.7 Å². The van der Waals surface area contributed by atoms with Crippen LogP contribution in [0.25, 0.3) is 0 Å². The number of rotatable bonds is 5. The van der Waals surface area contributed by atoms with Crippen molar-refractivity contribution in [2.24, 2.45) is 28.7 Å². The normalized spacial score (nSPS) is 28.8. The number of allylic oxidation sites excluding steroid dienone is 2. The summed E-state index contributed by atoms with van der Waals surface area (Å²) < 4.78 is 0. The highest BCUT2D eigenvalue weighted by Crippen LogP contribution is 2.52. The number of carbonyl (C=O) groups is 2. The van der Waals surface area contributed by atoms with Gasteiger partial charge in [-0.2, -0.15) is 0 Å². The number of aliphatic imine (C=N–C) groups is 1. The topological polar surface area (TPSA) is 73.8 Å². The molecule has 4 rings (SSSR count). The molecule has 1 saturated heterocycles. The van der Waals surface area contributed by atoms with Gasteiger partial charge in [-0.05, 0) is 29.9 Å². The lowest BCUT2D eigenvalue weighted by Crippen LogP contribution is -2.43. The Morgan fingerprint density at radius 1 is 1.15 bits per heavy atom. The van der Waals surface area contributed by atoms with E-state index in [0.717, 1.165) is 12.0 Å². The van der Waals surface area contributed by atoms with E-state index < -0.39 is 0 Å². The molecule has 0 aromatic heterocycles. The van der Waals surface area contributed by atoms with Crippen molar-refractivity contribution in [2.45, 2.75) is 13.0 Å². The molecule has 7 heteroatoms. The van der Waals surface area contributed by atoms with Gasteiger partial charge in [0.2, 0.25) is 11.8 Å². The number of carbonyl (C=O) groups excluding carboxylic acids is 2. The Labute approximate surface area is 163 Å². The first-order valence-corrected chi connectivity index (χ1v) is 9.69. The maximum Gasteiger partial charge on any atom is 0.233 e. The molecule has 4 atom stereocenters. The Bertz CT molecular complexity index is 792. The van der Waals surface area contributed by atoms with Crippen molar-refractivity contribution in [3.8, 4) is 0 Å². The molecule has 6 nitrogen and oxygen atoms in total. The molecule has 2 fully saturated rings. The van der Waals surface area contributed by atoms with Crippen LogP contribution < -0.4 is 10.6 Å². The Hall–Kier alpha value is -2.34. The van der Waals surface area contributed by atoms with E-state index in [-0.39, 0.29) is 35.5 Å². The predicted molar refractivity (Wildman–Crippen MR) is 104 cm³/mol. The molecular weight excluding hydrogens is 364 g/mol. The average Bonchev–Trinajstić information content (AvgIpc) is 3.35. The van der Waals surface area contributed by atoms with Gasteiger partial charge in [0.05, 0.1) is 11.8 Å². The minimum absolute atomic E-state index is 0.0114. The second kappa shape index (κ2) is 7.35. The van der Waals surface area contributed by atoms with E-state index >= 15 is 0 Å². The van der Waals surface area contributed by atoms with Crippen molar-refractivity contribution in [1.29, 1.82) is 0 Å². The summed E-state index contributed by atoms with van der Waals surface area (Å²) in [5.74, 6) is 0.815. The SMILES string of the molecule is CN=C(NCCN1C(=O)C2C3C=CC(C3)C2C1=O)NCc1ccccc1Cl. The Balaban J connectivity index is 1.28. The van der Waals surface area contributed by atoms with Crippen LogP contribution in [0.3, 0.4) is 0 Å². The van der Waals surface area contributed by atoms with Gasteiger partial charge >= 0.3 is 0 Å². The summed E-state index contributed by atoms with van der Waals surface area (Å²) in [6.45, 7) is 1.36. The van der Waals surface area contributed by atoms with Crippen molar-refractivity contribution < 1.29 is 9.59 Å². The molecule has 4 unspecified atom stereocenters. The van der Waals surface area contributed by atoms with Crippen LogP contribution in [0.1, 0.15) is 12.0 Å². The number of halogens is 1. The molecule has 27 heavy (non-hydrogen) atoms. The quantitative estimate of drug-likeness (QED) is 0.350. The summed E-state index contributed by atoms with van der Waals surface area (Å²) in [5, 5.41) is 7.06. The monoisotopic (exact) mass is 386 g/mol. The van der Waals surface area contributed by atoms with Crippen LogP contribution >= 0.6 is 11.6 Å². The second-order valence-corrected chi connectivity index (χ2v) is 7.68. The number of imide groups is 1. The summed E-state index contributed by atoms with van der Waals surface area (Å²) in [4.78, 5) is 30.9. The van der Waals surface area contributed by atoms with Crippen LogP contribution in [0.15, 0.2) is 41.4 Å². The summed E-state index contributed by atoms with van der Waals surface area (Å²) in [5.41, 5.74) is 0.975. The third kappa shape index (κ3) is 3.23. The zero-order valence-electron chi connectivity index (χ0n) is 15.2. The van der Waals surface area contributed by atoms with Gasteiger partial charge in [-0.25, -0.2) is 0 Å². The van der Waals surface area contributed by atoms with Gasteiger partial charge in [0.15, 0.2) is 5.96 Å². The lowest BCUT2D eigenvalue weighted by atomic mass is 9.85. The van der Waals surface area contributed by atoms with E-state index in [1.54, 1.807) is 7.05 Å². The molecule has 1 aromatic carbocycles. The van der Waals surface area contributed by atoms with Gasteiger partial charge in [0.25, 0.3) is 0 Å². The maximum absolute atomic E-state index is 12.7. The lowest BCUT2D eigenvalue weighted by molar-refractivity contribution is -0.140. The molecule has 1 aliphatic heterocycles. The fourth-order valence-electron chi connectivity index (χ4n) is 4.51. The summed E-state index contributed by atoms with van der Waals surface area (Å²) in [7, 11) is 1.68. The zero-order valence-corrected chi connectivity index (χ0v) is 15.9. The van der Waals surface area contributed by atoms with Gasteiger partial charge in [-0.3, -0.25) is 19.5 Å². The van der Waals surface area contributed by atoms with Crippen LogP contribution in [0.4, 0.5) is 0 Å². The first kappa shape index (κ1) is 18.0. The van der Waals surface area contributed by atoms with E-state index in [1.807, 2.05) is 24.3 Å². The minimum Gasteiger partial charge on any atom is -0.355 e. The summed E-state index contributed by atoms with van der Waals surface area (Å²) in [6.07, 6.45) is 5.18. The van der Waals surface area contributed by atoms with Crippen molar-refractivity contribution in [2.75, 3.05) is 20.1 Å². The number of hydrogen-bond acceptors (Lipinski definition) is 3. The van der Waals surface area contributed by atoms with Crippen LogP contribution in [-0.4, -0.2) is 42.8 Å². The van der Waals surface area contributed by atoms with Gasteiger partial charge in [0, 0.05) is 31.7 Å². The first-order valence-electron chi connectivity index (χ1n) is 9.31. The number of hydrogen-bond donors (Lipinski definition) is 2. The fraction of sp³-hybridized carbons (Fsp3) is 0.450. The second-order valence-electron chi connectivity index (χ2n) is 7.27. The number of nitrogens with zero attached hydrogens (tertiary/aromatic N) is 2. The molecule has 1 saturated carbocycles. The molecule has 0 spiro atoms. The number of likely N-dealkylation sites (tertiary alicyclic amines) is 1. The highest BCUT2D eigenvalue weighted by Gasteiger charge is 2.58. The third-order valence-electron chi connectivity index (χ3n) is 5.82. The Kier molecular flexibility index (Phi) is 4.91. The molecule has 2 N–H and O–H groups in total. The molecular formula is C20H23ClN4O2. The first-order chi connectivity index (χ1) is 13.1. The molecule has 2 aliphatic carbocycles. The smallest absolute Gasteiger partial charge is 0.233 e. The Morgan fingerprint density at radius 3 is 2.44 bits per heavy atom. The van der Waals surface area contributed by atoms with Crippen molar-refractivity contribution in [1.82, 2.24) is 15.5 Å². The van der Waals surface area contributed by atoms with Crippen molar-refractivity contribution in [3.05, 3.63) is 47.0 Å². The van der Waals surface area contributed by atoms with Gasteiger partial charge in [-0.15, -0.1) is 0 Å². The van der Waals surface area contributed by atoms with E-state index in [1.165, 1.54) is 4.90 Å². The van der Waals surface area contributed by atoms with E-state index in [4.69, 9.17) is 11.6 Å². The van der Waals surface area contributed by atoms with Crippen molar-refractivity contribution in [3.63, 3.8) is 0 Å². The third-order valence-corrected chi connectivity index (χ3v) is 6.19. The number of benzene rings is 1. The Morgan fingerprint density at radius 2 is 1.81 bits per heavy atom. The predicted octanol–water partition coefficient (Wildman–Crippen LogP) is 1.81. The average molecular weight is 387 g/mol. The fourth-order valence-corrected chi connectivity index (χ4v) is 4.71. The maximum atomic E-state index is 12.7. The molecule has 0 radical (unpaired) electrons. The highest BCUT2D eigenvalue weighted by atomic mass is 35.5. The van der Waals surface area contributed by atoms with Crippen LogP contribution in [0.5, 0.6) is 0 Å². The molecule has 142 valence electrons.